The molecule has 1 amide bonds. The molecule has 0 spiro atoms. The van der Waals surface area contributed by atoms with Gasteiger partial charge in [-0.1, -0.05) is 12.1 Å². The molecule has 24 heavy (non-hydrogen) atoms. The Hall–Kier alpha value is -2.70. The van der Waals surface area contributed by atoms with E-state index in [1.807, 2.05) is 0 Å². The average Bonchev–Trinajstić information content (AvgIpc) is 2.58. The number of rotatable bonds is 5. The Kier molecular flexibility index (Phi) is 5.33. The molecule has 7 heteroatoms. The van der Waals surface area contributed by atoms with E-state index >= 15 is 0 Å². The quantitative estimate of drug-likeness (QED) is 0.904. The van der Waals surface area contributed by atoms with Gasteiger partial charge in [0.05, 0.1) is 19.8 Å². The molecule has 0 saturated heterocycles. The molecular weight excluding hydrogens is 323 g/mol. The van der Waals surface area contributed by atoms with Crippen molar-refractivity contribution in [2.45, 2.75) is 12.7 Å². The first-order chi connectivity index (χ1) is 11.4. The van der Waals surface area contributed by atoms with E-state index in [0.717, 1.165) is 24.3 Å². The lowest BCUT2D eigenvalue weighted by Crippen LogP contribution is -2.23. The van der Waals surface area contributed by atoms with E-state index < -0.39 is 17.6 Å². The molecule has 0 unspecified atom stereocenters. The van der Waals surface area contributed by atoms with Gasteiger partial charge >= 0.3 is 6.18 Å². The SMILES string of the molecule is COc1cccc(CNC(=O)c2ccc(C(F)(F)F)cc2)c1OC. The van der Waals surface area contributed by atoms with Crippen LogP contribution in [-0.2, 0) is 12.7 Å². The van der Waals surface area contributed by atoms with Crippen LogP contribution in [0, 0.1) is 0 Å². The number of benzene rings is 2. The van der Waals surface area contributed by atoms with Crippen LogP contribution in [-0.4, -0.2) is 20.1 Å². The Labute approximate surface area is 137 Å². The zero-order chi connectivity index (χ0) is 17.7. The summed E-state index contributed by atoms with van der Waals surface area (Å²) in [5.41, 5.74) is 0.0375. The van der Waals surface area contributed by atoms with Gasteiger partial charge in [-0.05, 0) is 30.3 Å². The van der Waals surface area contributed by atoms with E-state index in [9.17, 15) is 18.0 Å². The van der Waals surface area contributed by atoms with Crippen LogP contribution in [0.3, 0.4) is 0 Å². The highest BCUT2D eigenvalue weighted by Crippen LogP contribution is 2.31. The van der Waals surface area contributed by atoms with Gasteiger partial charge in [0.2, 0.25) is 0 Å². The molecule has 0 radical (unpaired) electrons. The molecule has 0 aliphatic rings. The van der Waals surface area contributed by atoms with Crippen LogP contribution in [0.1, 0.15) is 21.5 Å². The first-order valence-electron chi connectivity index (χ1n) is 7.02. The van der Waals surface area contributed by atoms with Crippen molar-refractivity contribution >= 4 is 5.91 Å². The summed E-state index contributed by atoms with van der Waals surface area (Å²) in [5.74, 6) is 0.542. The number of carbonyl (C=O) groups is 1. The maximum Gasteiger partial charge on any atom is 0.416 e. The minimum absolute atomic E-state index is 0.143. The highest BCUT2D eigenvalue weighted by Gasteiger charge is 2.30. The Morgan fingerprint density at radius 1 is 1.04 bits per heavy atom. The summed E-state index contributed by atoms with van der Waals surface area (Å²) in [5, 5.41) is 2.64. The van der Waals surface area contributed by atoms with Gasteiger partial charge in [0, 0.05) is 17.7 Å². The third-order valence-electron chi connectivity index (χ3n) is 3.40. The predicted molar refractivity (Wildman–Crippen MR) is 82.2 cm³/mol. The maximum absolute atomic E-state index is 12.5. The van der Waals surface area contributed by atoms with Gasteiger partial charge in [0.25, 0.3) is 5.91 Å². The molecule has 0 fully saturated rings. The van der Waals surface area contributed by atoms with Crippen LogP contribution in [0.5, 0.6) is 11.5 Å². The number of para-hydroxylation sites is 1. The van der Waals surface area contributed by atoms with Crippen molar-refractivity contribution < 1.29 is 27.4 Å². The summed E-state index contributed by atoms with van der Waals surface area (Å²) < 4.78 is 48.0. The predicted octanol–water partition coefficient (Wildman–Crippen LogP) is 3.65. The van der Waals surface area contributed by atoms with Crippen LogP contribution < -0.4 is 14.8 Å². The monoisotopic (exact) mass is 339 g/mol. The Balaban J connectivity index is 2.09. The third-order valence-corrected chi connectivity index (χ3v) is 3.40. The van der Waals surface area contributed by atoms with E-state index in [2.05, 4.69) is 5.32 Å². The second kappa shape index (κ2) is 7.25. The minimum Gasteiger partial charge on any atom is -0.493 e. The summed E-state index contributed by atoms with van der Waals surface area (Å²) >= 11 is 0. The number of carbonyl (C=O) groups excluding carboxylic acids is 1. The lowest BCUT2D eigenvalue weighted by Gasteiger charge is -2.13. The maximum atomic E-state index is 12.5. The molecule has 0 aromatic heterocycles. The fourth-order valence-corrected chi connectivity index (χ4v) is 2.18. The molecule has 128 valence electrons. The Morgan fingerprint density at radius 2 is 1.71 bits per heavy atom. The fraction of sp³-hybridized carbons (Fsp3) is 0.235. The number of hydrogen-bond donors (Lipinski definition) is 1. The van der Waals surface area contributed by atoms with Crippen molar-refractivity contribution in [2.75, 3.05) is 14.2 Å². The summed E-state index contributed by atoms with van der Waals surface area (Å²) in [7, 11) is 2.99. The van der Waals surface area contributed by atoms with E-state index in [4.69, 9.17) is 9.47 Å². The van der Waals surface area contributed by atoms with Crippen molar-refractivity contribution in [3.05, 3.63) is 59.2 Å². The molecule has 0 aliphatic heterocycles. The van der Waals surface area contributed by atoms with Gasteiger partial charge in [-0.25, -0.2) is 0 Å². The van der Waals surface area contributed by atoms with Crippen LogP contribution in [0.25, 0.3) is 0 Å². The van der Waals surface area contributed by atoms with Gasteiger partial charge in [0.15, 0.2) is 11.5 Å². The first-order valence-corrected chi connectivity index (χ1v) is 7.02. The van der Waals surface area contributed by atoms with Gasteiger partial charge < -0.3 is 14.8 Å². The van der Waals surface area contributed by atoms with Gasteiger partial charge in [-0.3, -0.25) is 4.79 Å². The Bertz CT molecular complexity index is 712. The first kappa shape index (κ1) is 17.7. The molecule has 0 bridgehead atoms. The van der Waals surface area contributed by atoms with Crippen LogP contribution in [0.15, 0.2) is 42.5 Å². The van der Waals surface area contributed by atoms with Crippen molar-refractivity contribution in [2.24, 2.45) is 0 Å². The summed E-state index contributed by atoms with van der Waals surface area (Å²) in [6.07, 6.45) is -4.43. The molecule has 0 heterocycles. The zero-order valence-corrected chi connectivity index (χ0v) is 13.1. The molecule has 0 saturated carbocycles. The zero-order valence-electron chi connectivity index (χ0n) is 13.1. The average molecular weight is 339 g/mol. The molecular formula is C17H16F3NO3. The van der Waals surface area contributed by atoms with Crippen LogP contribution >= 0.6 is 0 Å². The molecule has 2 aromatic rings. The van der Waals surface area contributed by atoms with Crippen molar-refractivity contribution in [3.8, 4) is 11.5 Å². The number of methoxy groups -OCH3 is 2. The summed E-state index contributed by atoms with van der Waals surface area (Å²) in [4.78, 5) is 12.1. The van der Waals surface area contributed by atoms with Crippen LogP contribution in [0.2, 0.25) is 0 Å². The molecule has 0 atom stereocenters. The highest BCUT2D eigenvalue weighted by molar-refractivity contribution is 5.94. The lowest BCUT2D eigenvalue weighted by atomic mass is 10.1. The standard InChI is InChI=1S/C17H16F3NO3/c1-23-14-5-3-4-12(15(14)24-2)10-21-16(22)11-6-8-13(9-7-11)17(18,19)20/h3-9H,10H2,1-2H3,(H,21,22). The minimum atomic E-state index is -4.43. The molecule has 0 aliphatic carbocycles. The van der Waals surface area contributed by atoms with E-state index in [1.54, 1.807) is 18.2 Å². The normalized spacial score (nSPS) is 11.0. The van der Waals surface area contributed by atoms with E-state index in [1.165, 1.54) is 14.2 Å². The number of hydrogen-bond acceptors (Lipinski definition) is 3. The number of halogens is 3. The van der Waals surface area contributed by atoms with Gasteiger partial charge in [0.1, 0.15) is 0 Å². The van der Waals surface area contributed by atoms with E-state index in [-0.39, 0.29) is 12.1 Å². The summed E-state index contributed by atoms with van der Waals surface area (Å²) in [6, 6.07) is 9.26. The van der Waals surface area contributed by atoms with Crippen LogP contribution in [0.4, 0.5) is 13.2 Å². The van der Waals surface area contributed by atoms with Crippen molar-refractivity contribution in [1.29, 1.82) is 0 Å². The van der Waals surface area contributed by atoms with E-state index in [0.29, 0.717) is 17.1 Å². The lowest BCUT2D eigenvalue weighted by molar-refractivity contribution is -0.137. The summed E-state index contributed by atoms with van der Waals surface area (Å²) in [6.45, 7) is 0.153. The highest BCUT2D eigenvalue weighted by atomic mass is 19.4. The number of nitrogens with one attached hydrogen (secondary N) is 1. The molecule has 2 aromatic carbocycles. The molecule has 1 N–H and O–H groups in total. The second-order valence-electron chi connectivity index (χ2n) is 4.91. The largest absolute Gasteiger partial charge is 0.493 e. The second-order valence-corrected chi connectivity index (χ2v) is 4.91. The molecule has 2 rings (SSSR count). The Morgan fingerprint density at radius 3 is 2.25 bits per heavy atom. The van der Waals surface area contributed by atoms with Crippen molar-refractivity contribution in [3.63, 3.8) is 0 Å². The topological polar surface area (TPSA) is 47.6 Å². The smallest absolute Gasteiger partial charge is 0.416 e. The number of alkyl halides is 3. The third kappa shape index (κ3) is 3.98. The number of ether oxygens (including phenoxy) is 2. The fourth-order valence-electron chi connectivity index (χ4n) is 2.18. The number of amides is 1. The van der Waals surface area contributed by atoms with Gasteiger partial charge in [-0.2, -0.15) is 13.2 Å². The molecule has 4 nitrogen and oxygen atoms in total. The van der Waals surface area contributed by atoms with Crippen molar-refractivity contribution in [1.82, 2.24) is 5.32 Å². The van der Waals surface area contributed by atoms with Gasteiger partial charge in [-0.15, -0.1) is 0 Å².